The minimum absolute atomic E-state index is 0.252. The number of halogens is 1. The SMILES string of the molecule is Cc1sc(Br)cc1S(=O)(=O)N(C)Cc1ccccc1N. The number of nitrogen functional groups attached to an aromatic ring is 1. The van der Waals surface area contributed by atoms with E-state index in [1.165, 1.54) is 15.6 Å². The number of hydrogen-bond acceptors (Lipinski definition) is 4. The first-order valence-electron chi connectivity index (χ1n) is 5.88. The van der Waals surface area contributed by atoms with Gasteiger partial charge in [-0.1, -0.05) is 18.2 Å². The maximum absolute atomic E-state index is 12.6. The number of sulfonamides is 1. The Morgan fingerprint density at radius 3 is 2.55 bits per heavy atom. The number of aryl methyl sites for hydroxylation is 1. The average Bonchev–Trinajstić information content (AvgIpc) is 2.72. The lowest BCUT2D eigenvalue weighted by molar-refractivity contribution is 0.467. The fraction of sp³-hybridized carbons (Fsp3) is 0.231. The van der Waals surface area contributed by atoms with Crippen LogP contribution in [0.2, 0.25) is 0 Å². The molecule has 0 spiro atoms. The van der Waals surface area contributed by atoms with Crippen molar-refractivity contribution < 1.29 is 8.42 Å². The molecule has 0 saturated heterocycles. The zero-order valence-electron chi connectivity index (χ0n) is 11.1. The van der Waals surface area contributed by atoms with Gasteiger partial charge in [0.1, 0.15) is 0 Å². The molecule has 1 aromatic carbocycles. The third-order valence-electron chi connectivity index (χ3n) is 2.98. The van der Waals surface area contributed by atoms with Gasteiger partial charge < -0.3 is 5.73 Å². The summed E-state index contributed by atoms with van der Waals surface area (Å²) in [6.07, 6.45) is 0. The van der Waals surface area contributed by atoms with Crippen molar-refractivity contribution in [1.82, 2.24) is 4.31 Å². The van der Waals surface area contributed by atoms with Crippen molar-refractivity contribution in [2.75, 3.05) is 12.8 Å². The highest BCUT2D eigenvalue weighted by molar-refractivity contribution is 9.11. The molecule has 20 heavy (non-hydrogen) atoms. The second-order valence-corrected chi connectivity index (χ2v) is 9.08. The van der Waals surface area contributed by atoms with Crippen LogP contribution < -0.4 is 5.73 Å². The fourth-order valence-electron chi connectivity index (χ4n) is 1.86. The van der Waals surface area contributed by atoms with Crippen LogP contribution in [0.3, 0.4) is 0 Å². The summed E-state index contributed by atoms with van der Waals surface area (Å²) < 4.78 is 27.2. The van der Waals surface area contributed by atoms with Gasteiger partial charge in [-0.2, -0.15) is 4.31 Å². The van der Waals surface area contributed by atoms with E-state index in [0.717, 1.165) is 14.2 Å². The number of hydrogen-bond donors (Lipinski definition) is 1. The number of para-hydroxylation sites is 1. The molecule has 0 saturated carbocycles. The van der Waals surface area contributed by atoms with Gasteiger partial charge in [0.25, 0.3) is 0 Å². The lowest BCUT2D eigenvalue weighted by Gasteiger charge is -2.18. The Bertz CT molecular complexity index is 726. The van der Waals surface area contributed by atoms with E-state index in [9.17, 15) is 8.42 Å². The highest BCUT2D eigenvalue weighted by Crippen LogP contribution is 2.31. The van der Waals surface area contributed by atoms with E-state index in [0.29, 0.717) is 10.6 Å². The van der Waals surface area contributed by atoms with Crippen LogP contribution in [0.1, 0.15) is 10.4 Å². The van der Waals surface area contributed by atoms with Crippen LogP contribution in [-0.4, -0.2) is 19.8 Å². The molecular formula is C13H15BrN2O2S2. The van der Waals surface area contributed by atoms with Gasteiger partial charge in [-0.05, 0) is 40.5 Å². The normalized spacial score (nSPS) is 12.0. The van der Waals surface area contributed by atoms with Crippen molar-refractivity contribution in [2.45, 2.75) is 18.4 Å². The minimum Gasteiger partial charge on any atom is -0.398 e. The predicted octanol–water partition coefficient (Wildman–Crippen LogP) is 3.22. The Morgan fingerprint density at radius 2 is 2.00 bits per heavy atom. The zero-order valence-corrected chi connectivity index (χ0v) is 14.3. The summed E-state index contributed by atoms with van der Waals surface area (Å²) in [5.41, 5.74) is 7.25. The third-order valence-corrected chi connectivity index (χ3v) is 6.59. The number of nitrogens with two attached hydrogens (primary N) is 1. The van der Waals surface area contributed by atoms with Gasteiger partial charge in [0.15, 0.2) is 0 Å². The van der Waals surface area contributed by atoms with Crippen LogP contribution in [0.15, 0.2) is 39.0 Å². The Morgan fingerprint density at radius 1 is 1.35 bits per heavy atom. The summed E-state index contributed by atoms with van der Waals surface area (Å²) in [7, 11) is -1.94. The smallest absolute Gasteiger partial charge is 0.244 e. The number of benzene rings is 1. The maximum Gasteiger partial charge on any atom is 0.244 e. The summed E-state index contributed by atoms with van der Waals surface area (Å²) in [5.74, 6) is 0. The maximum atomic E-state index is 12.6. The molecule has 4 nitrogen and oxygen atoms in total. The van der Waals surface area contributed by atoms with Gasteiger partial charge >= 0.3 is 0 Å². The summed E-state index contributed by atoms with van der Waals surface area (Å²) in [6, 6.07) is 8.91. The molecule has 0 bridgehead atoms. The van der Waals surface area contributed by atoms with Crippen molar-refractivity contribution >= 4 is 43.0 Å². The van der Waals surface area contributed by atoms with E-state index in [-0.39, 0.29) is 6.54 Å². The number of rotatable bonds is 4. The van der Waals surface area contributed by atoms with Crippen molar-refractivity contribution in [3.8, 4) is 0 Å². The summed E-state index contributed by atoms with van der Waals surface area (Å²) in [5, 5.41) is 0. The minimum atomic E-state index is -3.51. The molecular weight excluding hydrogens is 360 g/mol. The van der Waals surface area contributed by atoms with E-state index in [1.54, 1.807) is 26.1 Å². The van der Waals surface area contributed by atoms with Crippen molar-refractivity contribution in [3.05, 3.63) is 44.6 Å². The fourth-order valence-corrected chi connectivity index (χ4v) is 5.39. The molecule has 0 aliphatic rings. The Kier molecular flexibility index (Phi) is 4.53. The molecule has 108 valence electrons. The zero-order chi connectivity index (χ0) is 14.9. The monoisotopic (exact) mass is 374 g/mol. The van der Waals surface area contributed by atoms with Crippen LogP contribution >= 0.6 is 27.3 Å². The third kappa shape index (κ3) is 3.06. The molecule has 0 aliphatic carbocycles. The van der Waals surface area contributed by atoms with Crippen LogP contribution in [-0.2, 0) is 16.6 Å². The van der Waals surface area contributed by atoms with Gasteiger partial charge in [0.2, 0.25) is 10.0 Å². The molecule has 0 aliphatic heterocycles. The molecule has 1 heterocycles. The van der Waals surface area contributed by atoms with Gasteiger partial charge in [0, 0.05) is 24.2 Å². The molecule has 2 aromatic rings. The number of nitrogens with zero attached hydrogens (tertiary/aromatic N) is 1. The summed E-state index contributed by atoms with van der Waals surface area (Å²) in [4.78, 5) is 1.11. The molecule has 0 atom stereocenters. The highest BCUT2D eigenvalue weighted by Gasteiger charge is 2.25. The molecule has 0 radical (unpaired) electrons. The van der Waals surface area contributed by atoms with Crippen LogP contribution in [0, 0.1) is 6.92 Å². The van der Waals surface area contributed by atoms with E-state index in [1.807, 2.05) is 18.2 Å². The van der Waals surface area contributed by atoms with Crippen LogP contribution in [0.4, 0.5) is 5.69 Å². The van der Waals surface area contributed by atoms with Crippen LogP contribution in [0.5, 0.6) is 0 Å². The molecule has 7 heteroatoms. The first-order chi connectivity index (χ1) is 9.32. The highest BCUT2D eigenvalue weighted by atomic mass is 79.9. The van der Waals surface area contributed by atoms with Gasteiger partial charge in [-0.25, -0.2) is 8.42 Å². The topological polar surface area (TPSA) is 63.4 Å². The lowest BCUT2D eigenvalue weighted by Crippen LogP contribution is -2.27. The Hall–Kier alpha value is -0.890. The average molecular weight is 375 g/mol. The van der Waals surface area contributed by atoms with Crippen molar-refractivity contribution in [2.24, 2.45) is 0 Å². The van der Waals surface area contributed by atoms with E-state index < -0.39 is 10.0 Å². The van der Waals surface area contributed by atoms with E-state index >= 15 is 0 Å². The standard InChI is InChI=1S/C13H15BrN2O2S2/c1-9-12(7-13(14)19-9)20(17,18)16(2)8-10-5-3-4-6-11(10)15/h3-7H,8,15H2,1-2H3. The number of thiophene rings is 1. The molecule has 2 rings (SSSR count). The first kappa shape index (κ1) is 15.5. The largest absolute Gasteiger partial charge is 0.398 e. The predicted molar refractivity (Wildman–Crippen MR) is 86.3 cm³/mol. The molecule has 2 N–H and O–H groups in total. The van der Waals surface area contributed by atoms with Crippen molar-refractivity contribution in [1.29, 1.82) is 0 Å². The second kappa shape index (κ2) is 5.85. The lowest BCUT2D eigenvalue weighted by atomic mass is 10.2. The molecule has 0 fully saturated rings. The van der Waals surface area contributed by atoms with E-state index in [2.05, 4.69) is 15.9 Å². The van der Waals surface area contributed by atoms with Gasteiger partial charge in [-0.3, -0.25) is 0 Å². The molecule has 0 unspecified atom stereocenters. The summed E-state index contributed by atoms with van der Waals surface area (Å²) in [6.45, 7) is 2.05. The van der Waals surface area contributed by atoms with Gasteiger partial charge in [-0.15, -0.1) is 11.3 Å². The van der Waals surface area contributed by atoms with Crippen LogP contribution in [0.25, 0.3) is 0 Å². The second-order valence-electron chi connectivity index (χ2n) is 4.43. The quantitative estimate of drug-likeness (QED) is 0.835. The van der Waals surface area contributed by atoms with Gasteiger partial charge in [0.05, 0.1) is 8.68 Å². The molecule has 1 aromatic heterocycles. The summed E-state index contributed by atoms with van der Waals surface area (Å²) >= 11 is 4.73. The Balaban J connectivity index is 2.31. The number of anilines is 1. The van der Waals surface area contributed by atoms with E-state index in [4.69, 9.17) is 5.73 Å². The molecule has 0 amide bonds. The first-order valence-corrected chi connectivity index (χ1v) is 8.93. The van der Waals surface area contributed by atoms with Crippen molar-refractivity contribution in [3.63, 3.8) is 0 Å². The Labute approximate surface area is 131 Å².